The van der Waals surface area contributed by atoms with Crippen LogP contribution < -0.4 is 34.9 Å². The molecule has 4 saturated heterocycles. The normalized spacial score (nSPS) is 27.9. The zero-order valence-corrected chi connectivity index (χ0v) is 82.2. The summed E-state index contributed by atoms with van der Waals surface area (Å²) >= 11 is 16.9. The fourth-order valence-electron chi connectivity index (χ4n) is 20.8. The zero-order valence-electron chi connectivity index (χ0n) is 79.1. The Morgan fingerprint density at radius 3 is 1.39 bits per heavy atom. The summed E-state index contributed by atoms with van der Waals surface area (Å²) in [6.07, 6.45) is 3.73. The van der Waals surface area contributed by atoms with Gasteiger partial charge in [-0.1, -0.05) is 91.4 Å². The minimum Gasteiger partial charge on any atom is -0.490 e. The summed E-state index contributed by atoms with van der Waals surface area (Å²) in [7, 11) is 1.31. The molecule has 10 fully saturated rings. The Morgan fingerprint density at radius 2 is 0.993 bits per heavy atom. The number of benzene rings is 2. The van der Waals surface area contributed by atoms with E-state index in [0.29, 0.717) is 110 Å². The number of carboxylic acids is 1. The van der Waals surface area contributed by atoms with Crippen LogP contribution >= 0.6 is 45.9 Å². The Balaban J connectivity index is 0.000000206. The topological polar surface area (TPSA) is 345 Å². The fraction of sp³-hybridized carbons (Fsp3) is 0.663. The van der Waals surface area contributed by atoms with Crippen LogP contribution in [0.3, 0.4) is 0 Å². The molecule has 134 heavy (non-hydrogen) atoms. The van der Waals surface area contributed by atoms with Crippen LogP contribution in [0.4, 0.5) is 32.6 Å². The molecule has 4 aliphatic heterocycles. The van der Waals surface area contributed by atoms with Crippen LogP contribution in [-0.4, -0.2) is 218 Å². The van der Waals surface area contributed by atoms with Gasteiger partial charge in [0.2, 0.25) is 11.8 Å². The highest BCUT2D eigenvalue weighted by Gasteiger charge is 2.64. The number of methoxy groups -OCH3 is 1. The highest BCUT2D eigenvalue weighted by molar-refractivity contribution is 7.14. The second-order valence-corrected chi connectivity index (χ2v) is 45.2. The SMILES string of the molecule is CC[C@@H]1C[C@]1(CC(=O)[C@@H]1C[C@@H](Oc2cc(-c3csc(NC(C)C)n3)nc3c(Cl)c(OC[C@@H]4CC(F)(F)CN4)ccc23)CN1C(=O)[C@@H](CC(=O)OC1C[C@@H]2C[C@@H]2C1)C(C)(C)C)C(=O)O.CC[C@@H]1C[C@]1(CC(=O)[C@@H]1C[C@@H](Oc2cc(-c3csc(NC(C)C)n3)nc3c(Cl)c(OC[C@@H]4CC(F)(F)CN4C(=O)OC(C)(C)C)ccc23)CN1C(=O)[C@@H](CC(=O)OC1C[C@@H]2C[C@@H]2C1)C(C)(C)C)C(=O)OC. The molecule has 2 aromatic carbocycles. The highest BCUT2D eigenvalue weighted by atomic mass is 35.5. The maximum atomic E-state index is 15.0. The van der Waals surface area contributed by atoms with Gasteiger partial charge in [-0.3, -0.25) is 43.3 Å². The number of aromatic nitrogens is 4. The Bertz CT molecular complexity index is 5450. The lowest BCUT2D eigenvalue weighted by molar-refractivity contribution is -0.157. The molecule has 36 heteroatoms. The molecule has 2 unspecified atom stereocenters. The van der Waals surface area contributed by atoms with Gasteiger partial charge in [-0.15, -0.1) is 22.7 Å². The highest BCUT2D eigenvalue weighted by Crippen LogP contribution is 2.61. The first kappa shape index (κ1) is 99.5. The molecule has 16 rings (SSSR count). The maximum absolute atomic E-state index is 15.0. The van der Waals surface area contributed by atoms with Crippen molar-refractivity contribution in [1.82, 2.24) is 40.0 Å². The summed E-state index contributed by atoms with van der Waals surface area (Å²) in [5.41, 5.74) is -2.07. The zero-order chi connectivity index (χ0) is 96.7. The van der Waals surface area contributed by atoms with Crippen molar-refractivity contribution in [2.75, 3.05) is 57.1 Å². The average molecular weight is 1940 g/mol. The van der Waals surface area contributed by atoms with Gasteiger partial charge in [0.1, 0.15) is 87.7 Å². The van der Waals surface area contributed by atoms with Crippen LogP contribution in [0.5, 0.6) is 23.0 Å². The predicted molar refractivity (Wildman–Crippen MR) is 498 cm³/mol. The molecule has 0 bridgehead atoms. The number of pyridine rings is 2. The van der Waals surface area contributed by atoms with Crippen LogP contribution in [0, 0.1) is 69.0 Å². The average Bonchev–Trinajstić information content (AvgIpc) is 1.58. The summed E-state index contributed by atoms with van der Waals surface area (Å²) in [5, 5.41) is 25.8. The molecule has 730 valence electrons. The Labute approximate surface area is 796 Å². The van der Waals surface area contributed by atoms with Crippen LogP contribution in [-0.2, 0) is 57.3 Å². The number of esters is 3. The number of carbonyl (C=O) groups excluding carboxylic acids is 8. The molecule has 3 amide bonds. The van der Waals surface area contributed by atoms with Crippen molar-refractivity contribution < 1.29 is 104 Å². The molecular weight excluding hydrogens is 1820 g/mol. The molecule has 28 nitrogen and oxygen atoms in total. The number of alkyl halides is 4. The molecule has 6 aliphatic carbocycles. The number of Topliss-reactive ketones (excluding diaryl/α,β-unsaturated/α-hetero) is 2. The van der Waals surface area contributed by atoms with Crippen LogP contribution in [0.15, 0.2) is 47.2 Å². The van der Waals surface area contributed by atoms with Gasteiger partial charge in [-0.25, -0.2) is 42.3 Å². The minimum absolute atomic E-state index is 0.00755. The number of anilines is 2. The quantitative estimate of drug-likeness (QED) is 0.0166. The number of ether oxygens (including phenoxy) is 8. The number of nitrogens with one attached hydrogen (secondary N) is 3. The number of ketones is 2. The molecule has 10 aliphatic rings. The second kappa shape index (κ2) is 38.8. The number of hydrogen-bond donors (Lipinski definition) is 4. The summed E-state index contributed by atoms with van der Waals surface area (Å²) in [6, 6.07) is 6.68. The van der Waals surface area contributed by atoms with Crippen molar-refractivity contribution in [3.8, 4) is 45.8 Å². The maximum Gasteiger partial charge on any atom is 0.410 e. The number of thiazole rings is 2. The van der Waals surface area contributed by atoms with Gasteiger partial charge >= 0.3 is 30.0 Å². The van der Waals surface area contributed by atoms with Gasteiger partial charge in [-0.05, 0) is 170 Å². The smallest absolute Gasteiger partial charge is 0.410 e. The van der Waals surface area contributed by atoms with Gasteiger partial charge in [0.05, 0.1) is 109 Å². The number of rotatable bonds is 34. The number of aliphatic carboxylic acids is 1. The largest absolute Gasteiger partial charge is 0.490 e. The third-order valence-electron chi connectivity index (χ3n) is 28.4. The molecule has 4 aromatic heterocycles. The molecule has 0 spiro atoms. The first-order valence-corrected chi connectivity index (χ1v) is 49.7. The summed E-state index contributed by atoms with van der Waals surface area (Å²) in [5.74, 6) is -8.17. The standard InChI is InChI=1S/C52H68ClF2N5O10S.C46H58ClF2N5O8S/c1-11-30-20-51(30,46(64)66-10)22-39(61)38-17-33(23-59(38)45(63)35(49(4,5)6)18-42(62)69-32-15-28-14-29(28)16-32)68-41-19-36(37-25-71-47(58-37)56-27(2)3)57-44-34(41)12-13-40(43(44)53)67-24-31-21-52(54,55)26-60(31)48(65)70-50(7,8)9;1-7-26-16-45(26,42(58)59)18-35(55)34-13-29(19-54(34)41(57)31(44(4,5)6)14-38(56)62-28-11-24-10-25(24)12-28)61-37-15-32(33-21-63-43(53-33)51-23(2)3)52-40-30(37)8-9-36(39(40)47)60-20-27-17-46(48,49)22-50-27/h12-13,19,25,27-33,35,38H,11,14-18,20-24,26H2,1-10H3,(H,56,58);8-9,15,21,23-29,31,34,50H,7,10-14,16-20,22H2,1-6H3,(H,51,53)(H,58,59)/t28-,29+,30-,31+,32?,33-,35-,38+,51-;24-,25+,26-,27+,28?,29-,31-,34+,45-/m11/s1. The molecule has 18 atom stereocenters. The number of fused-ring (bicyclic) bond motifs is 4. The van der Waals surface area contributed by atoms with Crippen molar-refractivity contribution >= 4 is 131 Å². The Hall–Kier alpha value is -8.99. The molecular formula is C98H126Cl2F4N10O18S2. The van der Waals surface area contributed by atoms with E-state index < -0.39 is 143 Å². The van der Waals surface area contributed by atoms with Crippen molar-refractivity contribution in [3.05, 3.63) is 57.2 Å². The Morgan fingerprint density at radius 1 is 0.552 bits per heavy atom. The third kappa shape index (κ3) is 22.5. The fourth-order valence-corrected chi connectivity index (χ4v) is 23.1. The van der Waals surface area contributed by atoms with Crippen molar-refractivity contribution in [1.29, 1.82) is 0 Å². The van der Waals surface area contributed by atoms with E-state index in [1.807, 2.05) is 93.8 Å². The number of likely N-dealkylation sites (tertiary alicyclic amines) is 3. The summed E-state index contributed by atoms with van der Waals surface area (Å²) < 4.78 is 106. The molecule has 8 heterocycles. The predicted octanol–water partition coefficient (Wildman–Crippen LogP) is 18.6. The second-order valence-electron chi connectivity index (χ2n) is 42.7. The number of carbonyl (C=O) groups is 9. The first-order valence-electron chi connectivity index (χ1n) is 47.2. The molecule has 6 aromatic rings. The van der Waals surface area contributed by atoms with E-state index in [2.05, 4.69) is 16.0 Å². The van der Waals surface area contributed by atoms with Gasteiger partial charge in [0.15, 0.2) is 21.8 Å². The number of nitrogens with zero attached hydrogens (tertiary/aromatic N) is 7. The lowest BCUT2D eigenvalue weighted by Gasteiger charge is -2.35. The van der Waals surface area contributed by atoms with Crippen molar-refractivity contribution in [3.63, 3.8) is 0 Å². The van der Waals surface area contributed by atoms with Crippen molar-refractivity contribution in [2.24, 2.45) is 69.0 Å². The minimum atomic E-state index is -3.16. The van der Waals surface area contributed by atoms with E-state index in [4.69, 9.17) is 81.0 Å². The van der Waals surface area contributed by atoms with Crippen LogP contribution in [0.2, 0.25) is 10.0 Å². The van der Waals surface area contributed by atoms with Crippen LogP contribution in [0.25, 0.3) is 44.6 Å². The number of amides is 3. The van der Waals surface area contributed by atoms with Crippen LogP contribution in [0.1, 0.15) is 219 Å². The molecule has 0 radical (unpaired) electrons. The lowest BCUT2D eigenvalue weighted by atomic mass is 9.77. The third-order valence-corrected chi connectivity index (χ3v) is 30.7. The first-order chi connectivity index (χ1) is 63.0. The van der Waals surface area contributed by atoms with Gasteiger partial charge in [-0.2, -0.15) is 0 Å². The number of halogens is 6. The van der Waals surface area contributed by atoms with E-state index in [1.165, 1.54) is 52.4 Å². The van der Waals surface area contributed by atoms with E-state index in [-0.39, 0.29) is 152 Å². The van der Waals surface area contributed by atoms with E-state index in [0.717, 1.165) is 30.6 Å². The Kier molecular flexibility index (Phi) is 28.8. The van der Waals surface area contributed by atoms with Crippen molar-refractivity contribution in [2.45, 2.75) is 298 Å². The van der Waals surface area contributed by atoms with E-state index >= 15 is 4.79 Å². The van der Waals surface area contributed by atoms with Gasteiger partial charge < -0.3 is 68.8 Å². The number of carboxylic acid groups (broad SMARTS) is 1. The van der Waals surface area contributed by atoms with Gasteiger partial charge in [0.25, 0.3) is 11.8 Å². The lowest BCUT2D eigenvalue weighted by Crippen LogP contribution is -2.48. The molecule has 4 N–H and O–H groups in total. The molecule has 6 saturated carbocycles. The van der Waals surface area contributed by atoms with E-state index in [9.17, 15) is 61.0 Å². The monoisotopic (exact) mass is 1940 g/mol. The van der Waals surface area contributed by atoms with E-state index in [1.54, 1.807) is 57.2 Å². The summed E-state index contributed by atoms with van der Waals surface area (Å²) in [4.78, 5) is 148. The van der Waals surface area contributed by atoms with Gasteiger partial charge in [0, 0.05) is 90.3 Å². The summed E-state index contributed by atoms with van der Waals surface area (Å²) in [6.45, 7) is 26.5. The number of hydrogen-bond acceptors (Lipinski definition) is 26.